The third kappa shape index (κ3) is 3.79. The molecule has 1 aromatic heterocycles. The molecule has 2 heterocycles. The Balaban J connectivity index is 1.51. The lowest BCUT2D eigenvalue weighted by Crippen LogP contribution is -2.37. The van der Waals surface area contributed by atoms with Crippen LogP contribution in [0.25, 0.3) is 22.0 Å². The van der Waals surface area contributed by atoms with Crippen molar-refractivity contribution in [2.24, 2.45) is 5.92 Å². The number of anilines is 1. The van der Waals surface area contributed by atoms with Crippen molar-refractivity contribution in [1.29, 1.82) is 0 Å². The topological polar surface area (TPSA) is 62.7 Å². The number of carbonyl (C=O) groups excluding carboxylic acids is 1. The number of hydrogen-bond acceptors (Lipinski definition) is 5. The minimum absolute atomic E-state index is 0.00139. The Morgan fingerprint density at radius 1 is 1.11 bits per heavy atom. The minimum Gasteiger partial charge on any atom is -0.508 e. The van der Waals surface area contributed by atoms with Gasteiger partial charge in [0, 0.05) is 18.5 Å². The number of nitrogens with zero attached hydrogens (tertiary/aromatic N) is 2. The molecule has 0 aliphatic carbocycles. The molecule has 28 heavy (non-hydrogen) atoms. The van der Waals surface area contributed by atoms with Gasteiger partial charge in [0.1, 0.15) is 11.6 Å². The van der Waals surface area contributed by atoms with Gasteiger partial charge in [-0.15, -0.1) is 0 Å². The summed E-state index contributed by atoms with van der Waals surface area (Å²) in [5.74, 6) is 1.13. The van der Waals surface area contributed by atoms with Crippen molar-refractivity contribution in [3.63, 3.8) is 0 Å². The van der Waals surface area contributed by atoms with Crippen LogP contribution in [0.5, 0.6) is 5.75 Å². The van der Waals surface area contributed by atoms with Crippen LogP contribution in [0.2, 0.25) is 0 Å². The fraction of sp³-hybridized carbons (Fsp3) is 0.304. The first kappa shape index (κ1) is 18.3. The maximum absolute atomic E-state index is 11.9. The molecule has 1 N–H and O–H groups in total. The number of ether oxygens (including phenoxy) is 1. The van der Waals surface area contributed by atoms with Gasteiger partial charge < -0.3 is 14.7 Å². The predicted molar refractivity (Wildman–Crippen MR) is 110 cm³/mol. The van der Waals surface area contributed by atoms with Crippen LogP contribution in [-0.2, 0) is 9.53 Å². The number of phenolic OH excluding ortho intramolecular Hbond substituents is 1. The van der Waals surface area contributed by atoms with Crippen molar-refractivity contribution in [2.45, 2.75) is 19.8 Å². The number of benzene rings is 2. The van der Waals surface area contributed by atoms with Gasteiger partial charge >= 0.3 is 5.97 Å². The number of rotatable bonds is 4. The first-order valence-electron chi connectivity index (χ1n) is 9.76. The van der Waals surface area contributed by atoms with Gasteiger partial charge in [0.05, 0.1) is 18.0 Å². The Labute approximate surface area is 164 Å². The smallest absolute Gasteiger partial charge is 0.309 e. The number of aromatic nitrogens is 1. The van der Waals surface area contributed by atoms with E-state index < -0.39 is 0 Å². The van der Waals surface area contributed by atoms with Crippen molar-refractivity contribution in [2.75, 3.05) is 24.6 Å². The molecule has 0 amide bonds. The van der Waals surface area contributed by atoms with Crippen LogP contribution in [0.1, 0.15) is 19.8 Å². The maximum Gasteiger partial charge on any atom is 0.309 e. The molecule has 1 saturated heterocycles. The van der Waals surface area contributed by atoms with Crippen molar-refractivity contribution in [3.05, 3.63) is 54.6 Å². The standard InChI is InChI=1S/C23H24N2O3/c1-2-28-23(27)16-10-12-25(13-11-16)22-9-7-19-14-18(6-8-21(19)24-22)17-4-3-5-20(26)15-17/h3-9,14-16,26H,2,10-13H2,1H3. The van der Waals surface area contributed by atoms with Crippen molar-refractivity contribution in [1.82, 2.24) is 4.98 Å². The zero-order valence-corrected chi connectivity index (χ0v) is 16.0. The lowest BCUT2D eigenvalue weighted by atomic mass is 9.97. The third-order valence-corrected chi connectivity index (χ3v) is 5.29. The van der Waals surface area contributed by atoms with E-state index in [9.17, 15) is 9.90 Å². The molecule has 5 heteroatoms. The highest BCUT2D eigenvalue weighted by atomic mass is 16.5. The van der Waals surface area contributed by atoms with E-state index >= 15 is 0 Å². The Kier molecular flexibility index (Phi) is 5.15. The second-order valence-corrected chi connectivity index (χ2v) is 7.14. The first-order chi connectivity index (χ1) is 13.6. The summed E-state index contributed by atoms with van der Waals surface area (Å²) in [5.41, 5.74) is 2.97. The van der Waals surface area contributed by atoms with Gasteiger partial charge in [-0.1, -0.05) is 18.2 Å². The van der Waals surface area contributed by atoms with E-state index in [1.807, 2.05) is 37.3 Å². The second kappa shape index (κ2) is 7.89. The van der Waals surface area contributed by atoms with E-state index in [4.69, 9.17) is 9.72 Å². The Morgan fingerprint density at radius 2 is 1.89 bits per heavy atom. The van der Waals surface area contributed by atoms with E-state index in [2.05, 4.69) is 17.0 Å². The molecule has 4 rings (SSSR count). The van der Waals surface area contributed by atoms with Gasteiger partial charge in [-0.3, -0.25) is 4.79 Å². The summed E-state index contributed by atoms with van der Waals surface area (Å²) in [6.07, 6.45) is 1.60. The van der Waals surface area contributed by atoms with E-state index in [1.54, 1.807) is 12.1 Å². The SMILES string of the molecule is CCOC(=O)C1CCN(c2ccc3cc(-c4cccc(O)c4)ccc3n2)CC1. The van der Waals surface area contributed by atoms with Gasteiger partial charge in [0.2, 0.25) is 0 Å². The number of esters is 1. The fourth-order valence-corrected chi connectivity index (χ4v) is 3.76. The predicted octanol–water partition coefficient (Wildman–Crippen LogP) is 4.39. The van der Waals surface area contributed by atoms with Crippen LogP contribution < -0.4 is 4.90 Å². The zero-order valence-electron chi connectivity index (χ0n) is 16.0. The Hall–Kier alpha value is -3.08. The molecule has 0 atom stereocenters. The van der Waals surface area contributed by atoms with E-state index in [-0.39, 0.29) is 17.6 Å². The van der Waals surface area contributed by atoms with E-state index in [1.165, 1.54) is 0 Å². The van der Waals surface area contributed by atoms with Crippen molar-refractivity contribution in [3.8, 4) is 16.9 Å². The summed E-state index contributed by atoms with van der Waals surface area (Å²) in [4.78, 5) is 19.0. The van der Waals surface area contributed by atoms with Crippen LogP contribution in [0.15, 0.2) is 54.6 Å². The molecule has 2 aromatic carbocycles. The maximum atomic E-state index is 11.9. The summed E-state index contributed by atoms with van der Waals surface area (Å²) in [6.45, 7) is 3.90. The Morgan fingerprint density at radius 3 is 2.64 bits per heavy atom. The van der Waals surface area contributed by atoms with Gasteiger partial charge in [-0.2, -0.15) is 0 Å². The number of hydrogen-bond donors (Lipinski definition) is 1. The average Bonchev–Trinajstić information content (AvgIpc) is 2.73. The number of piperidine rings is 1. The van der Waals surface area contributed by atoms with Gasteiger partial charge in [0.15, 0.2) is 0 Å². The normalized spacial score (nSPS) is 15.0. The van der Waals surface area contributed by atoms with Crippen LogP contribution in [-0.4, -0.2) is 35.8 Å². The number of fused-ring (bicyclic) bond motifs is 1. The largest absolute Gasteiger partial charge is 0.508 e. The molecule has 3 aromatic rings. The van der Waals surface area contributed by atoms with Crippen LogP contribution >= 0.6 is 0 Å². The molecule has 1 fully saturated rings. The highest BCUT2D eigenvalue weighted by molar-refractivity contribution is 5.86. The summed E-state index contributed by atoms with van der Waals surface area (Å²) < 4.78 is 5.15. The monoisotopic (exact) mass is 376 g/mol. The molecule has 1 aliphatic heterocycles. The van der Waals surface area contributed by atoms with Gasteiger partial charge in [0.25, 0.3) is 0 Å². The average molecular weight is 376 g/mol. The van der Waals surface area contributed by atoms with Gasteiger partial charge in [-0.05, 0) is 67.3 Å². The third-order valence-electron chi connectivity index (χ3n) is 5.29. The highest BCUT2D eigenvalue weighted by Gasteiger charge is 2.26. The first-order valence-corrected chi connectivity index (χ1v) is 9.76. The molecule has 0 spiro atoms. The summed E-state index contributed by atoms with van der Waals surface area (Å²) >= 11 is 0. The fourth-order valence-electron chi connectivity index (χ4n) is 3.76. The number of aromatic hydroxyl groups is 1. The summed E-state index contributed by atoms with van der Waals surface area (Å²) in [6, 6.07) is 17.5. The zero-order chi connectivity index (χ0) is 19.5. The second-order valence-electron chi connectivity index (χ2n) is 7.14. The van der Waals surface area contributed by atoms with Crippen molar-refractivity contribution < 1.29 is 14.6 Å². The lowest BCUT2D eigenvalue weighted by Gasteiger charge is -2.31. The van der Waals surface area contributed by atoms with Crippen molar-refractivity contribution >= 4 is 22.7 Å². The van der Waals surface area contributed by atoms with Gasteiger partial charge in [-0.25, -0.2) is 4.98 Å². The highest BCUT2D eigenvalue weighted by Crippen LogP contribution is 2.29. The molecule has 0 unspecified atom stereocenters. The van der Waals surface area contributed by atoms with Crippen LogP contribution in [0, 0.1) is 5.92 Å². The van der Waals surface area contributed by atoms with E-state index in [0.717, 1.165) is 53.8 Å². The van der Waals surface area contributed by atoms with Crippen LogP contribution in [0.3, 0.4) is 0 Å². The minimum atomic E-state index is -0.0758. The molecule has 0 bridgehead atoms. The molecular weight excluding hydrogens is 352 g/mol. The molecule has 1 aliphatic rings. The number of carbonyl (C=O) groups is 1. The quantitative estimate of drug-likeness (QED) is 0.685. The molecular formula is C23H24N2O3. The number of pyridine rings is 1. The number of phenols is 1. The Bertz CT molecular complexity index is 994. The molecule has 0 saturated carbocycles. The summed E-state index contributed by atoms with van der Waals surface area (Å²) in [7, 11) is 0. The van der Waals surface area contributed by atoms with Crippen LogP contribution in [0.4, 0.5) is 5.82 Å². The lowest BCUT2D eigenvalue weighted by molar-refractivity contribution is -0.148. The van der Waals surface area contributed by atoms with E-state index in [0.29, 0.717) is 6.61 Å². The molecule has 144 valence electrons. The molecule has 0 radical (unpaired) electrons. The summed E-state index contributed by atoms with van der Waals surface area (Å²) in [5, 5.41) is 10.8. The molecule has 5 nitrogen and oxygen atoms in total.